The first-order chi connectivity index (χ1) is 7.63. The van der Waals surface area contributed by atoms with Crippen molar-refractivity contribution in [2.24, 2.45) is 0 Å². The third-order valence-electron chi connectivity index (χ3n) is 2.05. The van der Waals surface area contributed by atoms with Crippen LogP contribution in [0.4, 0.5) is 0 Å². The molecule has 0 unspecified atom stereocenters. The largest absolute Gasteiger partial charge is 0.462 e. The summed E-state index contributed by atoms with van der Waals surface area (Å²) in [6.45, 7) is 2.16. The number of carbonyl (C=O) groups excluding carboxylic acids is 1. The molecule has 0 N–H and O–H groups in total. The minimum atomic E-state index is -0.299. The molecule has 5 heteroatoms. The minimum absolute atomic E-state index is 0.299. The first-order valence-electron chi connectivity index (χ1n) is 4.68. The number of halogens is 2. The van der Waals surface area contributed by atoms with Gasteiger partial charge in [-0.1, -0.05) is 11.6 Å². The molecule has 84 valence electrons. The lowest BCUT2D eigenvalue weighted by molar-refractivity contribution is 0.0531. The first-order valence-corrected chi connectivity index (χ1v) is 6.67. The second-order valence-electron chi connectivity index (χ2n) is 3.11. The Hall–Kier alpha value is -0.580. The molecule has 2 nitrogen and oxygen atoms in total. The van der Waals surface area contributed by atoms with Crippen LogP contribution in [0.5, 0.6) is 0 Å². The zero-order valence-corrected chi connectivity index (χ0v) is 11.6. The van der Waals surface area contributed by atoms with Crippen LogP contribution in [0.15, 0.2) is 22.7 Å². The lowest BCUT2D eigenvalue weighted by atomic mass is 10.2. The summed E-state index contributed by atoms with van der Waals surface area (Å²) in [4.78, 5) is 12.2. The van der Waals surface area contributed by atoms with Gasteiger partial charge in [0.2, 0.25) is 0 Å². The van der Waals surface area contributed by atoms with E-state index in [0.29, 0.717) is 16.5 Å². The van der Waals surface area contributed by atoms with Gasteiger partial charge in [-0.2, -0.15) is 0 Å². The summed E-state index contributed by atoms with van der Waals surface area (Å²) in [5.41, 5.74) is 0. The molecule has 1 heterocycles. The highest BCUT2D eigenvalue weighted by molar-refractivity contribution is 9.10. The number of carbonyl (C=O) groups is 1. The number of fused-ring (bicyclic) bond motifs is 1. The fraction of sp³-hybridized carbons (Fsp3) is 0.182. The number of benzene rings is 1. The summed E-state index contributed by atoms with van der Waals surface area (Å²) in [6, 6.07) is 5.54. The Balaban J connectivity index is 2.56. The van der Waals surface area contributed by atoms with Gasteiger partial charge < -0.3 is 4.74 Å². The van der Waals surface area contributed by atoms with E-state index in [1.807, 2.05) is 18.2 Å². The molecule has 16 heavy (non-hydrogen) atoms. The van der Waals surface area contributed by atoms with E-state index in [9.17, 15) is 4.79 Å². The highest BCUT2D eigenvalue weighted by Crippen LogP contribution is 2.37. The maximum absolute atomic E-state index is 11.6. The van der Waals surface area contributed by atoms with Gasteiger partial charge in [-0.15, -0.1) is 11.3 Å². The van der Waals surface area contributed by atoms with E-state index < -0.39 is 0 Å². The fourth-order valence-electron chi connectivity index (χ4n) is 1.37. The third-order valence-corrected chi connectivity index (χ3v) is 4.52. The maximum Gasteiger partial charge on any atom is 0.349 e. The monoisotopic (exact) mass is 318 g/mol. The van der Waals surface area contributed by atoms with E-state index in [-0.39, 0.29) is 5.97 Å². The lowest BCUT2D eigenvalue weighted by Crippen LogP contribution is -2.02. The highest BCUT2D eigenvalue weighted by Gasteiger charge is 2.17. The van der Waals surface area contributed by atoms with E-state index in [4.69, 9.17) is 16.3 Å². The number of ether oxygens (including phenoxy) is 1. The van der Waals surface area contributed by atoms with Crippen molar-refractivity contribution in [3.05, 3.63) is 32.6 Å². The Bertz CT molecular complexity index is 550. The zero-order valence-electron chi connectivity index (χ0n) is 8.42. The Kier molecular flexibility index (Phi) is 3.52. The average Bonchev–Trinajstić information content (AvgIpc) is 2.57. The number of hydrogen-bond donors (Lipinski definition) is 0. The van der Waals surface area contributed by atoms with Crippen molar-refractivity contribution in [3.63, 3.8) is 0 Å². The molecule has 0 aliphatic carbocycles. The van der Waals surface area contributed by atoms with Crippen molar-refractivity contribution in [1.29, 1.82) is 0 Å². The van der Waals surface area contributed by atoms with Crippen molar-refractivity contribution >= 4 is 54.9 Å². The number of thiophene rings is 1. The predicted octanol–water partition coefficient (Wildman–Crippen LogP) is 4.49. The molecule has 0 saturated carbocycles. The van der Waals surface area contributed by atoms with Crippen LogP contribution in [-0.4, -0.2) is 12.6 Å². The van der Waals surface area contributed by atoms with Crippen LogP contribution >= 0.6 is 38.9 Å². The van der Waals surface area contributed by atoms with Gasteiger partial charge in [0.15, 0.2) is 0 Å². The molecule has 0 saturated heterocycles. The molecule has 0 aliphatic rings. The smallest absolute Gasteiger partial charge is 0.349 e. The van der Waals surface area contributed by atoms with Crippen molar-refractivity contribution < 1.29 is 9.53 Å². The Morgan fingerprint density at radius 3 is 3.00 bits per heavy atom. The standard InChI is InChI=1S/C11H8BrClO2S/c1-2-15-11(14)10-9(12)7-5-6(13)3-4-8(7)16-10/h3-5H,2H2,1H3. The van der Waals surface area contributed by atoms with Crippen molar-refractivity contribution in [2.75, 3.05) is 6.61 Å². The van der Waals surface area contributed by atoms with Crippen molar-refractivity contribution in [1.82, 2.24) is 0 Å². The van der Waals surface area contributed by atoms with Gasteiger partial charge in [0.1, 0.15) is 4.88 Å². The molecular weight excluding hydrogens is 312 g/mol. The second-order valence-corrected chi connectivity index (χ2v) is 5.39. The third kappa shape index (κ3) is 2.10. The summed E-state index contributed by atoms with van der Waals surface area (Å²) in [5.74, 6) is -0.299. The summed E-state index contributed by atoms with van der Waals surface area (Å²) in [5, 5.41) is 1.60. The van der Waals surface area contributed by atoms with Gasteiger partial charge in [0.05, 0.1) is 11.1 Å². The molecule has 0 aliphatic heterocycles. The van der Waals surface area contributed by atoms with Gasteiger partial charge in [0.25, 0.3) is 0 Å². The van der Waals surface area contributed by atoms with Crippen LogP contribution in [0, 0.1) is 0 Å². The molecule has 2 aromatic rings. The van der Waals surface area contributed by atoms with Crippen molar-refractivity contribution in [2.45, 2.75) is 6.92 Å². The molecule has 0 atom stereocenters. The Labute approximate surface area is 110 Å². The summed E-state index contributed by atoms with van der Waals surface area (Å²) in [6.07, 6.45) is 0. The lowest BCUT2D eigenvalue weighted by Gasteiger charge is -1.98. The Morgan fingerprint density at radius 2 is 2.31 bits per heavy atom. The number of rotatable bonds is 2. The molecule has 1 aromatic carbocycles. The van der Waals surface area contributed by atoms with E-state index in [2.05, 4.69) is 15.9 Å². The number of esters is 1. The van der Waals surface area contributed by atoms with Gasteiger partial charge in [0, 0.05) is 15.1 Å². The molecule has 0 fully saturated rings. The van der Waals surface area contributed by atoms with E-state index in [1.165, 1.54) is 11.3 Å². The summed E-state index contributed by atoms with van der Waals surface area (Å²) < 4.78 is 6.75. The topological polar surface area (TPSA) is 26.3 Å². The van der Waals surface area contributed by atoms with Crippen LogP contribution in [0.2, 0.25) is 5.02 Å². The van der Waals surface area contributed by atoms with Gasteiger partial charge in [-0.25, -0.2) is 4.79 Å². The van der Waals surface area contributed by atoms with Crippen LogP contribution < -0.4 is 0 Å². The van der Waals surface area contributed by atoms with Gasteiger partial charge >= 0.3 is 5.97 Å². The quantitative estimate of drug-likeness (QED) is 0.762. The minimum Gasteiger partial charge on any atom is -0.462 e. The van der Waals surface area contributed by atoms with Crippen molar-refractivity contribution in [3.8, 4) is 0 Å². The average molecular weight is 320 g/mol. The van der Waals surface area contributed by atoms with E-state index >= 15 is 0 Å². The van der Waals surface area contributed by atoms with Crippen LogP contribution in [0.25, 0.3) is 10.1 Å². The fourth-order valence-corrected chi connectivity index (χ4v) is 3.37. The molecule has 0 spiro atoms. The molecular formula is C11H8BrClO2S. The highest BCUT2D eigenvalue weighted by atomic mass is 79.9. The summed E-state index contributed by atoms with van der Waals surface area (Å²) >= 11 is 10.7. The first kappa shape index (κ1) is 11.9. The normalized spacial score (nSPS) is 10.7. The SMILES string of the molecule is CCOC(=O)c1sc2ccc(Cl)cc2c1Br. The van der Waals surface area contributed by atoms with Gasteiger partial charge in [-0.3, -0.25) is 0 Å². The number of hydrogen-bond acceptors (Lipinski definition) is 3. The molecule has 0 radical (unpaired) electrons. The maximum atomic E-state index is 11.6. The van der Waals surface area contributed by atoms with Crippen LogP contribution in [-0.2, 0) is 4.74 Å². The summed E-state index contributed by atoms with van der Waals surface area (Å²) in [7, 11) is 0. The second kappa shape index (κ2) is 4.73. The Morgan fingerprint density at radius 1 is 1.56 bits per heavy atom. The van der Waals surface area contributed by atoms with Gasteiger partial charge in [-0.05, 0) is 41.1 Å². The zero-order chi connectivity index (χ0) is 11.7. The molecule has 2 rings (SSSR count). The predicted molar refractivity (Wildman–Crippen MR) is 70.5 cm³/mol. The molecule has 0 amide bonds. The van der Waals surface area contributed by atoms with E-state index in [1.54, 1.807) is 6.92 Å². The molecule has 0 bridgehead atoms. The van der Waals surface area contributed by atoms with E-state index in [0.717, 1.165) is 14.6 Å². The van der Waals surface area contributed by atoms with Crippen LogP contribution in [0.3, 0.4) is 0 Å². The van der Waals surface area contributed by atoms with Crippen LogP contribution in [0.1, 0.15) is 16.6 Å². The molecule has 1 aromatic heterocycles.